The Hall–Kier alpha value is -2.34. The molecule has 1 aliphatic heterocycles. The lowest BCUT2D eigenvalue weighted by molar-refractivity contribution is -0.147. The maximum atomic E-state index is 14.4. The number of ether oxygens (including phenoxy) is 1. The maximum Gasteiger partial charge on any atom is 0.329 e. The molecule has 1 aliphatic rings. The van der Waals surface area contributed by atoms with Crippen LogP contribution >= 0.6 is 11.6 Å². The number of fused-ring (bicyclic) bond motifs is 1. The van der Waals surface area contributed by atoms with Crippen LogP contribution in [0.3, 0.4) is 0 Å². The minimum Gasteiger partial charge on any atom is -0.464 e. The number of nitrogens with zero attached hydrogens (tertiary/aromatic N) is 1. The summed E-state index contributed by atoms with van der Waals surface area (Å²) in [6, 6.07) is 5.20. The van der Waals surface area contributed by atoms with Crippen molar-refractivity contribution in [1.29, 1.82) is 0 Å². The van der Waals surface area contributed by atoms with E-state index in [1.54, 1.807) is 13.0 Å². The van der Waals surface area contributed by atoms with Gasteiger partial charge in [0.2, 0.25) is 0 Å². The molecule has 3 rings (SSSR count). The minimum absolute atomic E-state index is 0.0635. The van der Waals surface area contributed by atoms with Gasteiger partial charge in [0, 0.05) is 23.0 Å². The van der Waals surface area contributed by atoms with Gasteiger partial charge in [0.05, 0.1) is 11.6 Å². The van der Waals surface area contributed by atoms with E-state index in [1.165, 1.54) is 22.8 Å². The van der Waals surface area contributed by atoms with E-state index in [9.17, 15) is 14.0 Å². The van der Waals surface area contributed by atoms with Gasteiger partial charge in [-0.15, -0.1) is 0 Å². The van der Waals surface area contributed by atoms with Gasteiger partial charge >= 0.3 is 5.97 Å². The number of carbonyl (C=O) groups is 1. The number of esters is 1. The fourth-order valence-electron chi connectivity index (χ4n) is 3.25. The second kappa shape index (κ2) is 6.88. The largest absolute Gasteiger partial charge is 0.464 e. The molecule has 2 N–H and O–H groups in total. The van der Waals surface area contributed by atoms with Gasteiger partial charge in [0.15, 0.2) is 5.82 Å². The van der Waals surface area contributed by atoms with Gasteiger partial charge in [-0.2, -0.15) is 0 Å². The third kappa shape index (κ3) is 3.14. The normalized spacial score (nSPS) is 16.4. The van der Waals surface area contributed by atoms with Crippen LogP contribution < -0.4 is 11.3 Å². The number of carbonyl (C=O) groups excluding carboxylic acids is 1. The summed E-state index contributed by atoms with van der Waals surface area (Å²) in [5, 5.41) is -0.0635. The molecule has 1 aromatic carbocycles. The van der Waals surface area contributed by atoms with E-state index in [0.29, 0.717) is 24.1 Å². The number of benzene rings is 1. The molecule has 0 amide bonds. The second-order valence-electron chi connectivity index (χ2n) is 5.93. The third-order valence-corrected chi connectivity index (χ3v) is 4.64. The summed E-state index contributed by atoms with van der Waals surface area (Å²) in [6.45, 7) is 1.97. The molecule has 1 atom stereocenters. The summed E-state index contributed by atoms with van der Waals surface area (Å²) in [5.74, 6) is -1.09. The summed E-state index contributed by atoms with van der Waals surface area (Å²) in [5.41, 5.74) is 6.82. The molecule has 2 heterocycles. The number of nitrogen functional groups attached to an aromatic ring is 1. The molecule has 0 saturated carbocycles. The molecule has 0 aliphatic carbocycles. The van der Waals surface area contributed by atoms with E-state index in [-0.39, 0.29) is 28.4 Å². The first-order valence-corrected chi connectivity index (χ1v) is 8.47. The van der Waals surface area contributed by atoms with E-state index in [2.05, 4.69) is 0 Å². The monoisotopic (exact) mass is 364 g/mol. The number of halogens is 2. The molecule has 7 heteroatoms. The molecule has 2 aromatic rings. The van der Waals surface area contributed by atoms with Crippen molar-refractivity contribution in [3.63, 3.8) is 0 Å². The summed E-state index contributed by atoms with van der Waals surface area (Å²) in [7, 11) is 0. The van der Waals surface area contributed by atoms with Crippen LogP contribution in [0.15, 0.2) is 29.1 Å². The molecular weight excluding hydrogens is 347 g/mol. The fourth-order valence-corrected chi connectivity index (χ4v) is 3.41. The number of anilines is 1. The Morgan fingerprint density at radius 3 is 2.92 bits per heavy atom. The van der Waals surface area contributed by atoms with E-state index in [0.717, 1.165) is 6.42 Å². The van der Waals surface area contributed by atoms with Crippen LogP contribution in [0.2, 0.25) is 5.02 Å². The minimum atomic E-state index is -0.663. The van der Waals surface area contributed by atoms with Crippen LogP contribution in [-0.4, -0.2) is 17.1 Å². The van der Waals surface area contributed by atoms with Gasteiger partial charge in [0.1, 0.15) is 6.04 Å². The zero-order valence-corrected chi connectivity index (χ0v) is 14.5. The second-order valence-corrected chi connectivity index (χ2v) is 6.34. The third-order valence-electron chi connectivity index (χ3n) is 4.34. The summed E-state index contributed by atoms with van der Waals surface area (Å²) >= 11 is 5.84. The molecule has 0 bridgehead atoms. The van der Waals surface area contributed by atoms with Crippen molar-refractivity contribution in [2.45, 2.75) is 32.2 Å². The first-order valence-electron chi connectivity index (χ1n) is 8.10. The van der Waals surface area contributed by atoms with Crippen molar-refractivity contribution >= 4 is 23.3 Å². The highest BCUT2D eigenvalue weighted by atomic mass is 35.5. The zero-order valence-electron chi connectivity index (χ0n) is 13.7. The number of aromatic nitrogens is 1. The zero-order chi connectivity index (χ0) is 18.1. The number of hydrogen-bond acceptors (Lipinski definition) is 4. The van der Waals surface area contributed by atoms with Gasteiger partial charge in [-0.25, -0.2) is 9.18 Å². The number of hydrogen-bond donors (Lipinski definition) is 1. The smallest absolute Gasteiger partial charge is 0.329 e. The van der Waals surface area contributed by atoms with Crippen LogP contribution in [-0.2, 0) is 16.0 Å². The highest BCUT2D eigenvalue weighted by Crippen LogP contribution is 2.34. The lowest BCUT2D eigenvalue weighted by Crippen LogP contribution is -2.35. The van der Waals surface area contributed by atoms with Gasteiger partial charge in [-0.1, -0.05) is 11.6 Å². The lowest BCUT2D eigenvalue weighted by Gasteiger charge is -2.26. The van der Waals surface area contributed by atoms with Crippen molar-refractivity contribution in [1.82, 2.24) is 4.57 Å². The number of pyridine rings is 1. The van der Waals surface area contributed by atoms with Crippen LogP contribution in [0.4, 0.5) is 10.1 Å². The van der Waals surface area contributed by atoms with Gasteiger partial charge in [-0.05, 0) is 49.9 Å². The Morgan fingerprint density at radius 2 is 2.20 bits per heavy atom. The molecule has 0 fully saturated rings. The van der Waals surface area contributed by atoms with Crippen molar-refractivity contribution in [3.05, 3.63) is 51.2 Å². The van der Waals surface area contributed by atoms with E-state index < -0.39 is 17.8 Å². The van der Waals surface area contributed by atoms with Crippen molar-refractivity contribution in [2.75, 3.05) is 12.3 Å². The maximum absolute atomic E-state index is 14.4. The van der Waals surface area contributed by atoms with E-state index >= 15 is 0 Å². The molecule has 0 radical (unpaired) electrons. The molecule has 0 spiro atoms. The molecule has 5 nitrogen and oxygen atoms in total. The van der Waals surface area contributed by atoms with Crippen LogP contribution in [0.1, 0.15) is 31.5 Å². The Bertz CT molecular complexity index is 895. The van der Waals surface area contributed by atoms with Crippen LogP contribution in [0.5, 0.6) is 0 Å². The molecule has 25 heavy (non-hydrogen) atoms. The average Bonchev–Trinajstić information content (AvgIpc) is 2.58. The Balaban J connectivity index is 2.14. The first kappa shape index (κ1) is 17.5. The molecule has 1 unspecified atom stereocenters. The number of nitrogens with two attached hydrogens (primary N) is 1. The molecular formula is C18H18ClFN2O3. The number of aryl methyl sites for hydroxylation is 1. The summed E-state index contributed by atoms with van der Waals surface area (Å²) in [4.78, 5) is 24.8. The van der Waals surface area contributed by atoms with Crippen molar-refractivity contribution in [2.24, 2.45) is 0 Å². The van der Waals surface area contributed by atoms with E-state index in [1.807, 2.05) is 0 Å². The average molecular weight is 365 g/mol. The van der Waals surface area contributed by atoms with E-state index in [4.69, 9.17) is 22.1 Å². The predicted molar refractivity (Wildman–Crippen MR) is 94.1 cm³/mol. The van der Waals surface area contributed by atoms with Gasteiger partial charge in [0.25, 0.3) is 5.56 Å². The predicted octanol–water partition coefficient (Wildman–Crippen LogP) is 3.33. The van der Waals surface area contributed by atoms with Crippen LogP contribution in [0, 0.1) is 5.82 Å². The van der Waals surface area contributed by atoms with Crippen LogP contribution in [0.25, 0.3) is 11.1 Å². The molecule has 0 saturated heterocycles. The standard InChI is InChI=1S/C18H18ClFN2O3/c1-2-25-18(24)14-5-3-4-11-8-10(9-15(23)22(11)14)16-13(21)7-6-12(19)17(16)20/h6-9,14H,2-5,21H2,1H3. The highest BCUT2D eigenvalue weighted by molar-refractivity contribution is 6.31. The number of rotatable bonds is 3. The Kier molecular flexibility index (Phi) is 4.81. The quantitative estimate of drug-likeness (QED) is 0.669. The Morgan fingerprint density at radius 1 is 1.44 bits per heavy atom. The van der Waals surface area contributed by atoms with Crippen molar-refractivity contribution in [3.8, 4) is 11.1 Å². The van der Waals surface area contributed by atoms with Gasteiger partial charge in [-0.3, -0.25) is 9.36 Å². The van der Waals surface area contributed by atoms with Crippen molar-refractivity contribution < 1.29 is 13.9 Å². The fraction of sp³-hybridized carbons (Fsp3) is 0.333. The lowest BCUT2D eigenvalue weighted by atomic mass is 9.97. The molecule has 1 aromatic heterocycles. The molecule has 132 valence electrons. The van der Waals surface area contributed by atoms with Gasteiger partial charge < -0.3 is 10.5 Å². The Labute approximate surface area is 149 Å². The first-order chi connectivity index (χ1) is 11.9. The summed E-state index contributed by atoms with van der Waals surface area (Å²) in [6.07, 6.45) is 1.89. The highest BCUT2D eigenvalue weighted by Gasteiger charge is 2.29. The topological polar surface area (TPSA) is 74.3 Å². The summed E-state index contributed by atoms with van der Waals surface area (Å²) < 4.78 is 20.9. The SMILES string of the molecule is CCOC(=O)C1CCCc2cc(-c3c(N)ccc(Cl)c3F)cc(=O)n21.